The van der Waals surface area contributed by atoms with Gasteiger partial charge in [-0.3, -0.25) is 9.59 Å². The number of anilines is 1. The summed E-state index contributed by atoms with van der Waals surface area (Å²) in [4.78, 5) is 40.0. The van der Waals surface area contributed by atoms with Crippen molar-refractivity contribution >= 4 is 23.7 Å². The molecule has 6 nitrogen and oxygen atoms in total. The zero-order valence-corrected chi connectivity index (χ0v) is 15.6. The molecule has 0 spiro atoms. The number of nitrogens with zero attached hydrogens (tertiary/aromatic N) is 1. The zero-order valence-electron chi connectivity index (χ0n) is 15.6. The van der Waals surface area contributed by atoms with Crippen LogP contribution in [0, 0.1) is 0 Å². The molecule has 144 valence electrons. The third-order valence-corrected chi connectivity index (χ3v) is 4.81. The first-order valence-electron chi connectivity index (χ1n) is 9.00. The highest BCUT2D eigenvalue weighted by Crippen LogP contribution is 2.43. The van der Waals surface area contributed by atoms with E-state index in [4.69, 9.17) is 9.47 Å². The topological polar surface area (TPSA) is 72.9 Å². The van der Waals surface area contributed by atoms with Crippen molar-refractivity contribution in [2.24, 2.45) is 0 Å². The van der Waals surface area contributed by atoms with Crippen LogP contribution in [0.5, 0.6) is 11.5 Å². The van der Waals surface area contributed by atoms with Gasteiger partial charge in [0.2, 0.25) is 0 Å². The summed E-state index contributed by atoms with van der Waals surface area (Å²) in [6, 6.07) is 23.5. The second-order valence-electron chi connectivity index (χ2n) is 6.67. The van der Waals surface area contributed by atoms with Gasteiger partial charge in [-0.1, -0.05) is 54.6 Å². The number of carbonyl (C=O) groups excluding carboxylic acids is 3. The van der Waals surface area contributed by atoms with E-state index in [0.717, 1.165) is 4.90 Å². The van der Waals surface area contributed by atoms with Gasteiger partial charge in [0.1, 0.15) is 11.5 Å². The Kier molecular flexibility index (Phi) is 4.60. The number of amides is 2. The number of hydrogen-bond donors (Lipinski definition) is 0. The number of imide groups is 1. The molecule has 1 unspecified atom stereocenters. The van der Waals surface area contributed by atoms with Gasteiger partial charge < -0.3 is 9.47 Å². The van der Waals surface area contributed by atoms with Crippen LogP contribution in [-0.2, 0) is 15.0 Å². The monoisotopic (exact) mass is 387 g/mol. The third kappa shape index (κ3) is 3.14. The molecule has 6 heteroatoms. The van der Waals surface area contributed by atoms with Crippen molar-refractivity contribution in [1.29, 1.82) is 0 Å². The van der Waals surface area contributed by atoms with E-state index in [0.29, 0.717) is 22.7 Å². The van der Waals surface area contributed by atoms with Crippen molar-refractivity contribution in [3.63, 3.8) is 0 Å². The standard InChI is InChI=1S/C23H17NO5/c1-23(21(26)28-16-10-4-2-5-11-16)18-14-8-9-15-19(18)24(20(23)25)22(27)29-17-12-6-3-7-13-17/h2-15H,1H3. The van der Waals surface area contributed by atoms with Gasteiger partial charge in [0.15, 0.2) is 5.41 Å². The van der Waals surface area contributed by atoms with Gasteiger partial charge in [-0.05, 0) is 37.3 Å². The van der Waals surface area contributed by atoms with E-state index in [1.165, 1.54) is 6.92 Å². The second kappa shape index (κ2) is 7.24. The summed E-state index contributed by atoms with van der Waals surface area (Å²) in [5.41, 5.74) is -0.996. The summed E-state index contributed by atoms with van der Waals surface area (Å²) in [7, 11) is 0. The van der Waals surface area contributed by atoms with Gasteiger partial charge in [-0.15, -0.1) is 0 Å². The molecule has 29 heavy (non-hydrogen) atoms. The molecule has 0 radical (unpaired) electrons. The molecule has 3 aromatic rings. The zero-order chi connectivity index (χ0) is 20.4. The Bertz CT molecular complexity index is 1080. The molecule has 1 atom stereocenters. The average Bonchev–Trinajstić information content (AvgIpc) is 2.98. The quantitative estimate of drug-likeness (QED) is 0.384. The fraction of sp³-hybridized carbons (Fsp3) is 0.0870. The van der Waals surface area contributed by atoms with E-state index in [-0.39, 0.29) is 0 Å². The van der Waals surface area contributed by atoms with Crippen LogP contribution in [0.25, 0.3) is 0 Å². The van der Waals surface area contributed by atoms with Crippen molar-refractivity contribution in [1.82, 2.24) is 0 Å². The number of carbonyl (C=O) groups is 3. The minimum absolute atomic E-state index is 0.295. The number of esters is 1. The second-order valence-corrected chi connectivity index (χ2v) is 6.67. The van der Waals surface area contributed by atoms with E-state index >= 15 is 0 Å². The van der Waals surface area contributed by atoms with Gasteiger partial charge in [0.05, 0.1) is 5.69 Å². The first-order chi connectivity index (χ1) is 14.0. The number of rotatable bonds is 3. The number of hydrogen-bond acceptors (Lipinski definition) is 5. The van der Waals surface area contributed by atoms with E-state index < -0.39 is 23.4 Å². The fourth-order valence-corrected chi connectivity index (χ4v) is 3.25. The van der Waals surface area contributed by atoms with Crippen LogP contribution in [0.3, 0.4) is 0 Å². The Labute approximate surface area is 167 Å². The maximum atomic E-state index is 13.3. The molecule has 0 bridgehead atoms. The lowest BCUT2D eigenvalue weighted by Crippen LogP contribution is -2.48. The predicted octanol–water partition coefficient (Wildman–Crippen LogP) is 4.10. The van der Waals surface area contributed by atoms with Gasteiger partial charge in [0.25, 0.3) is 5.91 Å². The van der Waals surface area contributed by atoms with Gasteiger partial charge in [-0.25, -0.2) is 9.69 Å². The number of ether oxygens (including phenoxy) is 2. The Morgan fingerprint density at radius 2 is 1.28 bits per heavy atom. The molecule has 0 aliphatic carbocycles. The maximum Gasteiger partial charge on any atom is 0.426 e. The van der Waals surface area contributed by atoms with Crippen LogP contribution >= 0.6 is 0 Å². The van der Waals surface area contributed by atoms with Crippen LogP contribution in [0.4, 0.5) is 10.5 Å². The smallest absolute Gasteiger partial charge is 0.425 e. The number of benzene rings is 3. The molecule has 0 fully saturated rings. The van der Waals surface area contributed by atoms with Crippen LogP contribution in [0.1, 0.15) is 12.5 Å². The van der Waals surface area contributed by atoms with Gasteiger partial charge in [-0.2, -0.15) is 0 Å². The summed E-state index contributed by atoms with van der Waals surface area (Å²) in [6.07, 6.45) is -0.884. The Morgan fingerprint density at radius 1 is 0.759 bits per heavy atom. The molecular weight excluding hydrogens is 370 g/mol. The predicted molar refractivity (Wildman–Crippen MR) is 106 cm³/mol. The molecule has 0 aromatic heterocycles. The van der Waals surface area contributed by atoms with Crippen LogP contribution < -0.4 is 14.4 Å². The molecule has 2 amide bonds. The summed E-state index contributed by atoms with van der Waals surface area (Å²) >= 11 is 0. The van der Waals surface area contributed by atoms with Crippen molar-refractivity contribution < 1.29 is 23.9 Å². The van der Waals surface area contributed by atoms with Crippen LogP contribution in [0.15, 0.2) is 84.9 Å². The minimum atomic E-state index is -1.68. The summed E-state index contributed by atoms with van der Waals surface area (Å²) in [5.74, 6) is -0.880. The molecule has 0 saturated heterocycles. The molecule has 1 aliphatic rings. The lowest BCUT2D eigenvalue weighted by Gasteiger charge is -2.21. The van der Waals surface area contributed by atoms with Crippen LogP contribution in [0.2, 0.25) is 0 Å². The third-order valence-electron chi connectivity index (χ3n) is 4.81. The Morgan fingerprint density at radius 3 is 1.90 bits per heavy atom. The highest BCUT2D eigenvalue weighted by atomic mass is 16.6. The lowest BCUT2D eigenvalue weighted by molar-refractivity contribution is -0.144. The van der Waals surface area contributed by atoms with Crippen molar-refractivity contribution in [3.05, 3.63) is 90.5 Å². The Hall–Kier alpha value is -3.93. The number of para-hydroxylation sites is 3. The molecular formula is C23H17NO5. The van der Waals surface area contributed by atoms with Crippen molar-refractivity contribution in [2.45, 2.75) is 12.3 Å². The molecule has 0 N–H and O–H groups in total. The summed E-state index contributed by atoms with van der Waals surface area (Å²) in [6.45, 7) is 1.45. The minimum Gasteiger partial charge on any atom is -0.425 e. The van der Waals surface area contributed by atoms with Gasteiger partial charge >= 0.3 is 12.1 Å². The highest BCUT2D eigenvalue weighted by molar-refractivity contribution is 6.28. The number of fused-ring (bicyclic) bond motifs is 1. The molecule has 4 rings (SSSR count). The molecule has 1 heterocycles. The normalized spacial score (nSPS) is 17.6. The SMILES string of the molecule is CC1(C(=O)Oc2ccccc2)C(=O)N(C(=O)Oc2ccccc2)c2ccccc21. The summed E-state index contributed by atoms with van der Waals surface area (Å²) in [5, 5.41) is 0. The Balaban J connectivity index is 1.69. The molecule has 0 saturated carbocycles. The highest BCUT2D eigenvalue weighted by Gasteiger charge is 2.56. The van der Waals surface area contributed by atoms with Crippen molar-refractivity contribution in [3.8, 4) is 11.5 Å². The van der Waals surface area contributed by atoms with E-state index in [2.05, 4.69) is 0 Å². The maximum absolute atomic E-state index is 13.3. The first kappa shape index (κ1) is 18.4. The largest absolute Gasteiger partial charge is 0.426 e. The van der Waals surface area contributed by atoms with Gasteiger partial charge in [0, 0.05) is 5.56 Å². The first-order valence-corrected chi connectivity index (χ1v) is 9.00. The average molecular weight is 387 g/mol. The van der Waals surface area contributed by atoms with Crippen LogP contribution in [-0.4, -0.2) is 18.0 Å². The summed E-state index contributed by atoms with van der Waals surface area (Å²) < 4.78 is 10.8. The van der Waals surface area contributed by atoms with E-state index in [1.807, 2.05) is 0 Å². The fourth-order valence-electron chi connectivity index (χ4n) is 3.25. The molecule has 1 aliphatic heterocycles. The van der Waals surface area contributed by atoms with E-state index in [1.54, 1.807) is 84.9 Å². The van der Waals surface area contributed by atoms with E-state index in [9.17, 15) is 14.4 Å². The van der Waals surface area contributed by atoms with Crippen molar-refractivity contribution in [2.75, 3.05) is 4.90 Å². The lowest BCUT2D eigenvalue weighted by atomic mass is 9.84. The molecule has 3 aromatic carbocycles.